The van der Waals surface area contributed by atoms with Crippen molar-refractivity contribution in [1.29, 1.82) is 0 Å². The summed E-state index contributed by atoms with van der Waals surface area (Å²) in [4.78, 5) is 31.1. The highest BCUT2D eigenvalue weighted by Crippen LogP contribution is 2.32. The van der Waals surface area contributed by atoms with E-state index < -0.39 is 0 Å². The van der Waals surface area contributed by atoms with Crippen LogP contribution in [0.2, 0.25) is 5.02 Å². The van der Waals surface area contributed by atoms with Crippen molar-refractivity contribution in [2.45, 2.75) is 16.5 Å². The molecule has 1 aliphatic heterocycles. The van der Waals surface area contributed by atoms with Gasteiger partial charge in [-0.1, -0.05) is 35.5 Å². The first-order chi connectivity index (χ1) is 14.6. The molecule has 0 spiro atoms. The molecule has 2 aromatic carbocycles. The average Bonchev–Trinajstić information content (AvgIpc) is 3.23. The van der Waals surface area contributed by atoms with Gasteiger partial charge < -0.3 is 10.1 Å². The van der Waals surface area contributed by atoms with Crippen molar-refractivity contribution in [3.8, 4) is 11.4 Å². The Balaban J connectivity index is 1.64. The second-order valence-electron chi connectivity index (χ2n) is 6.42. The monoisotopic (exact) mass is 459 g/mol. The standard InChI is InChI=1S/C21H18ClN3O3S2/c1-28-17-5-3-2-4-16(17)25-20(27)19-15(10-11-29-19)24-21(25)30-12-18(26)23-14-8-6-13(22)7-9-14/h2-9H,10-12H2,1H3,(H,23,26). The van der Waals surface area contributed by atoms with Crippen LogP contribution in [-0.4, -0.2) is 34.1 Å². The first-order valence-corrected chi connectivity index (χ1v) is 11.5. The zero-order valence-corrected chi connectivity index (χ0v) is 18.4. The number of nitrogens with one attached hydrogen (secondary N) is 1. The van der Waals surface area contributed by atoms with Crippen molar-refractivity contribution >= 4 is 46.7 Å². The van der Waals surface area contributed by atoms with E-state index in [2.05, 4.69) is 5.32 Å². The molecule has 1 amide bonds. The lowest BCUT2D eigenvalue weighted by atomic mass is 10.2. The number of anilines is 1. The quantitative estimate of drug-likeness (QED) is 0.438. The van der Waals surface area contributed by atoms with E-state index in [0.29, 0.717) is 32.2 Å². The van der Waals surface area contributed by atoms with Gasteiger partial charge in [-0.2, -0.15) is 0 Å². The molecule has 1 aromatic heterocycles. The number of nitrogens with zero attached hydrogens (tertiary/aromatic N) is 2. The van der Waals surface area contributed by atoms with Gasteiger partial charge in [-0.3, -0.25) is 14.2 Å². The largest absolute Gasteiger partial charge is 0.495 e. The van der Waals surface area contributed by atoms with Gasteiger partial charge in [0, 0.05) is 22.9 Å². The molecule has 0 fully saturated rings. The lowest BCUT2D eigenvalue weighted by molar-refractivity contribution is -0.113. The van der Waals surface area contributed by atoms with Crippen LogP contribution in [0.3, 0.4) is 0 Å². The van der Waals surface area contributed by atoms with Crippen LogP contribution in [0.25, 0.3) is 5.69 Å². The number of aromatic nitrogens is 2. The molecule has 154 valence electrons. The van der Waals surface area contributed by atoms with Gasteiger partial charge >= 0.3 is 0 Å². The minimum Gasteiger partial charge on any atom is -0.495 e. The molecule has 0 aliphatic carbocycles. The fraction of sp³-hybridized carbons (Fsp3) is 0.190. The molecule has 0 unspecified atom stereocenters. The maximum Gasteiger partial charge on any atom is 0.272 e. The third kappa shape index (κ3) is 4.35. The van der Waals surface area contributed by atoms with Crippen LogP contribution < -0.4 is 15.6 Å². The van der Waals surface area contributed by atoms with Crippen LogP contribution in [-0.2, 0) is 11.2 Å². The summed E-state index contributed by atoms with van der Waals surface area (Å²) < 4.78 is 6.99. The Labute approximate surface area is 187 Å². The van der Waals surface area contributed by atoms with E-state index >= 15 is 0 Å². The number of benzene rings is 2. The van der Waals surface area contributed by atoms with E-state index in [4.69, 9.17) is 21.3 Å². The maximum atomic E-state index is 13.2. The molecule has 0 atom stereocenters. The third-order valence-electron chi connectivity index (χ3n) is 4.45. The summed E-state index contributed by atoms with van der Waals surface area (Å²) in [7, 11) is 1.56. The van der Waals surface area contributed by atoms with Crippen LogP contribution in [0.15, 0.2) is 63.4 Å². The Kier molecular flexibility index (Phi) is 6.36. The van der Waals surface area contributed by atoms with Crippen LogP contribution in [0, 0.1) is 0 Å². The molecular formula is C21H18ClN3O3S2. The number of thioether (sulfide) groups is 2. The van der Waals surface area contributed by atoms with Gasteiger partial charge in [0.25, 0.3) is 5.56 Å². The summed E-state index contributed by atoms with van der Waals surface area (Å²) in [6, 6.07) is 14.2. The summed E-state index contributed by atoms with van der Waals surface area (Å²) in [5.74, 6) is 1.31. The number of halogens is 1. The average molecular weight is 460 g/mol. The predicted octanol–water partition coefficient (Wildman–Crippen LogP) is 4.27. The predicted molar refractivity (Wildman–Crippen MR) is 122 cm³/mol. The van der Waals surface area contributed by atoms with Crippen molar-refractivity contribution in [2.24, 2.45) is 0 Å². The van der Waals surface area contributed by atoms with Crippen molar-refractivity contribution < 1.29 is 9.53 Å². The van der Waals surface area contributed by atoms with Gasteiger partial charge in [0.2, 0.25) is 5.91 Å². The van der Waals surface area contributed by atoms with E-state index in [9.17, 15) is 9.59 Å². The first kappa shape index (κ1) is 20.8. The lowest BCUT2D eigenvalue weighted by Crippen LogP contribution is -2.25. The zero-order valence-electron chi connectivity index (χ0n) is 16.1. The molecule has 6 nitrogen and oxygen atoms in total. The number of amides is 1. The number of aryl methyl sites for hydroxylation is 1. The topological polar surface area (TPSA) is 73.2 Å². The SMILES string of the molecule is COc1ccccc1-n1c(SCC(=O)Nc2ccc(Cl)cc2)nc2c(c1=O)SCC2. The number of rotatable bonds is 6. The Morgan fingerprint density at radius 2 is 2.03 bits per heavy atom. The maximum absolute atomic E-state index is 13.2. The molecule has 0 saturated heterocycles. The van der Waals surface area contributed by atoms with E-state index in [1.54, 1.807) is 37.4 Å². The van der Waals surface area contributed by atoms with Gasteiger partial charge in [-0.25, -0.2) is 4.98 Å². The highest BCUT2D eigenvalue weighted by atomic mass is 35.5. The molecular weight excluding hydrogens is 442 g/mol. The number of hydrogen-bond acceptors (Lipinski definition) is 6. The summed E-state index contributed by atoms with van der Waals surface area (Å²) in [5, 5.41) is 3.90. The van der Waals surface area contributed by atoms with Crippen LogP contribution in [0.5, 0.6) is 5.75 Å². The highest BCUT2D eigenvalue weighted by Gasteiger charge is 2.24. The van der Waals surface area contributed by atoms with E-state index in [1.165, 1.54) is 28.1 Å². The normalized spacial score (nSPS) is 12.5. The van der Waals surface area contributed by atoms with Gasteiger partial charge in [-0.15, -0.1) is 11.8 Å². The number of carbonyl (C=O) groups is 1. The number of para-hydroxylation sites is 2. The number of hydrogen-bond donors (Lipinski definition) is 1. The van der Waals surface area contributed by atoms with Crippen LogP contribution in [0.4, 0.5) is 5.69 Å². The Morgan fingerprint density at radius 1 is 1.27 bits per heavy atom. The molecule has 0 radical (unpaired) electrons. The van der Waals surface area contributed by atoms with Gasteiger partial charge in [0.15, 0.2) is 5.16 Å². The Morgan fingerprint density at radius 3 is 2.80 bits per heavy atom. The van der Waals surface area contributed by atoms with E-state index in [1.807, 2.05) is 18.2 Å². The molecule has 9 heteroatoms. The number of fused-ring (bicyclic) bond motifs is 1. The highest BCUT2D eigenvalue weighted by molar-refractivity contribution is 8.00. The fourth-order valence-corrected chi connectivity index (χ4v) is 5.05. The van der Waals surface area contributed by atoms with Crippen molar-refractivity contribution in [2.75, 3.05) is 23.9 Å². The summed E-state index contributed by atoms with van der Waals surface area (Å²) in [6.07, 6.45) is 0.743. The molecule has 0 saturated carbocycles. The molecule has 3 aromatic rings. The summed E-state index contributed by atoms with van der Waals surface area (Å²) in [6.45, 7) is 0. The number of ether oxygens (including phenoxy) is 1. The second kappa shape index (κ2) is 9.16. The third-order valence-corrected chi connectivity index (χ3v) is 6.75. The molecule has 1 aliphatic rings. The van der Waals surface area contributed by atoms with Gasteiger partial charge in [-0.05, 0) is 36.4 Å². The zero-order chi connectivity index (χ0) is 21.1. The number of methoxy groups -OCH3 is 1. The Bertz CT molecular complexity index is 1150. The first-order valence-electron chi connectivity index (χ1n) is 9.17. The number of carbonyl (C=O) groups excluding carboxylic acids is 1. The fourth-order valence-electron chi connectivity index (χ4n) is 3.08. The minimum absolute atomic E-state index is 0.107. The van der Waals surface area contributed by atoms with Gasteiger partial charge in [0.05, 0.1) is 29.1 Å². The van der Waals surface area contributed by atoms with E-state index in [-0.39, 0.29) is 17.2 Å². The molecule has 1 N–H and O–H groups in total. The molecule has 30 heavy (non-hydrogen) atoms. The second-order valence-corrected chi connectivity index (χ2v) is 8.91. The Hall–Kier alpha value is -2.42. The smallest absolute Gasteiger partial charge is 0.272 e. The summed E-state index contributed by atoms with van der Waals surface area (Å²) >= 11 is 8.62. The minimum atomic E-state index is -0.196. The molecule has 2 heterocycles. The molecule has 0 bridgehead atoms. The lowest BCUT2D eigenvalue weighted by Gasteiger charge is -2.16. The van der Waals surface area contributed by atoms with Gasteiger partial charge in [0.1, 0.15) is 5.75 Å². The van der Waals surface area contributed by atoms with Crippen molar-refractivity contribution in [3.63, 3.8) is 0 Å². The molecule has 4 rings (SSSR count). The van der Waals surface area contributed by atoms with E-state index in [0.717, 1.165) is 17.9 Å². The van der Waals surface area contributed by atoms with Crippen LogP contribution >= 0.6 is 35.1 Å². The van der Waals surface area contributed by atoms with Crippen molar-refractivity contribution in [3.05, 3.63) is 69.6 Å². The van der Waals surface area contributed by atoms with Crippen molar-refractivity contribution in [1.82, 2.24) is 9.55 Å². The summed E-state index contributed by atoms with van der Waals surface area (Å²) in [5.41, 5.74) is 1.92. The van der Waals surface area contributed by atoms with Crippen LogP contribution in [0.1, 0.15) is 5.69 Å².